The lowest BCUT2D eigenvalue weighted by Crippen LogP contribution is -2.54. The Morgan fingerprint density at radius 1 is 1.12 bits per heavy atom. The fourth-order valence-electron chi connectivity index (χ4n) is 4.36. The molecule has 178 valence electrons. The first-order valence-corrected chi connectivity index (χ1v) is 12.9. The van der Waals surface area contributed by atoms with E-state index >= 15 is 0 Å². The Balaban J connectivity index is 1.69. The van der Waals surface area contributed by atoms with Crippen LogP contribution in [0.25, 0.3) is 0 Å². The largest absolute Gasteiger partial charge is 0.497 e. The summed E-state index contributed by atoms with van der Waals surface area (Å²) in [4.78, 5) is 28.2. The van der Waals surface area contributed by atoms with Gasteiger partial charge in [0.1, 0.15) is 11.8 Å². The third kappa shape index (κ3) is 5.43. The molecule has 0 bridgehead atoms. The molecular weight excluding hydrogens is 430 g/mol. The number of ether oxygens (including phenoxy) is 1. The summed E-state index contributed by atoms with van der Waals surface area (Å²) in [7, 11) is -2.18. The maximum Gasteiger partial charge on any atom is 0.245 e. The summed E-state index contributed by atoms with van der Waals surface area (Å²) in [6.07, 6.45) is 3.96. The van der Waals surface area contributed by atoms with Gasteiger partial charge in [0, 0.05) is 26.2 Å². The van der Waals surface area contributed by atoms with E-state index in [2.05, 4.69) is 5.32 Å². The summed E-state index contributed by atoms with van der Waals surface area (Å²) in [5.74, 6) is -0.149. The van der Waals surface area contributed by atoms with Crippen LogP contribution in [0.5, 0.6) is 5.75 Å². The first kappa shape index (κ1) is 24.5. The van der Waals surface area contributed by atoms with Crippen molar-refractivity contribution in [1.29, 1.82) is 0 Å². The number of piperidine rings is 1. The smallest absolute Gasteiger partial charge is 0.245 e. The summed E-state index contributed by atoms with van der Waals surface area (Å²) >= 11 is 0. The van der Waals surface area contributed by atoms with Gasteiger partial charge >= 0.3 is 0 Å². The number of benzene rings is 1. The molecule has 2 heterocycles. The Bertz CT molecular complexity index is 897. The molecule has 1 N–H and O–H groups in total. The van der Waals surface area contributed by atoms with Gasteiger partial charge in [0.2, 0.25) is 21.8 Å². The molecule has 8 nitrogen and oxygen atoms in total. The zero-order chi connectivity index (χ0) is 23.3. The number of nitrogens with one attached hydrogen (secondary N) is 1. The molecule has 9 heteroatoms. The van der Waals surface area contributed by atoms with E-state index in [-0.39, 0.29) is 29.2 Å². The molecule has 0 aliphatic carbocycles. The van der Waals surface area contributed by atoms with E-state index in [0.29, 0.717) is 25.1 Å². The van der Waals surface area contributed by atoms with Crippen molar-refractivity contribution in [1.82, 2.24) is 14.5 Å². The summed E-state index contributed by atoms with van der Waals surface area (Å²) in [5.41, 5.74) is 0. The lowest BCUT2D eigenvalue weighted by Gasteiger charge is -2.33. The van der Waals surface area contributed by atoms with Crippen LogP contribution in [0.3, 0.4) is 0 Å². The van der Waals surface area contributed by atoms with Crippen LogP contribution in [0.4, 0.5) is 0 Å². The lowest BCUT2D eigenvalue weighted by atomic mass is 9.94. The predicted octanol–water partition coefficient (Wildman–Crippen LogP) is 2.25. The van der Waals surface area contributed by atoms with Crippen LogP contribution in [0.15, 0.2) is 29.2 Å². The SMILES string of the molecule is CC[C@H](C)[C@H](NC(=O)[C@H]1CCCN(S(=O)(=O)c2ccc(OC)cc2)C1)C(=O)N1CCCC1. The lowest BCUT2D eigenvalue weighted by molar-refractivity contribution is -0.138. The third-order valence-electron chi connectivity index (χ3n) is 6.65. The monoisotopic (exact) mass is 465 g/mol. The molecule has 3 atom stereocenters. The highest BCUT2D eigenvalue weighted by Gasteiger charge is 2.37. The maximum absolute atomic E-state index is 13.1. The fraction of sp³-hybridized carbons (Fsp3) is 0.652. The number of nitrogens with zero attached hydrogens (tertiary/aromatic N) is 2. The summed E-state index contributed by atoms with van der Waals surface area (Å²) in [6, 6.07) is 5.69. The molecule has 1 aromatic carbocycles. The van der Waals surface area contributed by atoms with Crippen LogP contribution >= 0.6 is 0 Å². The number of sulfonamides is 1. The van der Waals surface area contributed by atoms with Crippen molar-refractivity contribution in [2.45, 2.75) is 56.9 Å². The van der Waals surface area contributed by atoms with E-state index in [1.807, 2.05) is 18.7 Å². The maximum atomic E-state index is 13.1. The predicted molar refractivity (Wildman–Crippen MR) is 122 cm³/mol. The molecule has 2 fully saturated rings. The number of hydrogen-bond donors (Lipinski definition) is 1. The Kier molecular flexibility index (Phi) is 8.16. The number of amides is 2. The number of likely N-dealkylation sites (tertiary alicyclic amines) is 1. The van der Waals surface area contributed by atoms with Crippen LogP contribution in [0.2, 0.25) is 0 Å². The van der Waals surface area contributed by atoms with Gasteiger partial charge in [-0.25, -0.2) is 8.42 Å². The molecule has 32 heavy (non-hydrogen) atoms. The van der Waals surface area contributed by atoms with Crippen LogP contribution in [0.1, 0.15) is 46.0 Å². The molecule has 2 aliphatic rings. The van der Waals surface area contributed by atoms with E-state index in [4.69, 9.17) is 4.74 Å². The highest BCUT2D eigenvalue weighted by Crippen LogP contribution is 2.26. The average Bonchev–Trinajstić information content (AvgIpc) is 3.36. The second kappa shape index (κ2) is 10.7. The first-order chi connectivity index (χ1) is 15.3. The molecule has 1 aromatic rings. The van der Waals surface area contributed by atoms with E-state index in [9.17, 15) is 18.0 Å². The van der Waals surface area contributed by atoms with Crippen molar-refractivity contribution in [3.05, 3.63) is 24.3 Å². The number of hydrogen-bond acceptors (Lipinski definition) is 5. The Hall–Kier alpha value is -2.13. The summed E-state index contributed by atoms with van der Waals surface area (Å²) < 4.78 is 32.7. The minimum Gasteiger partial charge on any atom is -0.497 e. The minimum atomic E-state index is -3.71. The van der Waals surface area contributed by atoms with Gasteiger partial charge in [-0.3, -0.25) is 9.59 Å². The van der Waals surface area contributed by atoms with Gasteiger partial charge in [0.05, 0.1) is 17.9 Å². The van der Waals surface area contributed by atoms with Crippen LogP contribution < -0.4 is 10.1 Å². The Morgan fingerprint density at radius 3 is 2.38 bits per heavy atom. The molecular formula is C23H35N3O5S. The van der Waals surface area contributed by atoms with E-state index in [0.717, 1.165) is 32.4 Å². The molecule has 0 aromatic heterocycles. The van der Waals surface area contributed by atoms with Gasteiger partial charge in [-0.05, 0) is 55.9 Å². The van der Waals surface area contributed by atoms with Gasteiger partial charge in [0.25, 0.3) is 0 Å². The molecule has 2 amide bonds. The molecule has 2 aliphatic heterocycles. The van der Waals surface area contributed by atoms with Crippen molar-refractivity contribution in [2.75, 3.05) is 33.3 Å². The van der Waals surface area contributed by atoms with E-state index in [1.54, 1.807) is 12.1 Å². The van der Waals surface area contributed by atoms with Gasteiger partial charge < -0.3 is 15.0 Å². The van der Waals surface area contributed by atoms with Crippen molar-refractivity contribution in [3.63, 3.8) is 0 Å². The van der Waals surface area contributed by atoms with Crippen LogP contribution in [-0.2, 0) is 19.6 Å². The van der Waals surface area contributed by atoms with Gasteiger partial charge in [-0.15, -0.1) is 0 Å². The van der Waals surface area contributed by atoms with Crippen molar-refractivity contribution < 1.29 is 22.7 Å². The van der Waals surface area contributed by atoms with E-state index < -0.39 is 22.0 Å². The molecule has 0 spiro atoms. The normalized spacial score (nSPS) is 21.7. The average molecular weight is 466 g/mol. The van der Waals surface area contributed by atoms with Gasteiger partial charge in [0.15, 0.2) is 0 Å². The minimum absolute atomic E-state index is 0.00905. The second-order valence-corrected chi connectivity index (χ2v) is 10.7. The summed E-state index contributed by atoms with van der Waals surface area (Å²) in [5, 5.41) is 2.97. The van der Waals surface area contributed by atoms with Crippen molar-refractivity contribution >= 4 is 21.8 Å². The fourth-order valence-corrected chi connectivity index (χ4v) is 5.88. The molecule has 2 saturated heterocycles. The van der Waals surface area contributed by atoms with E-state index in [1.165, 1.54) is 23.5 Å². The highest BCUT2D eigenvalue weighted by atomic mass is 32.2. The summed E-state index contributed by atoms with van der Waals surface area (Å²) in [6.45, 7) is 5.94. The second-order valence-electron chi connectivity index (χ2n) is 8.78. The molecule has 0 saturated carbocycles. The van der Waals surface area contributed by atoms with Crippen molar-refractivity contribution in [2.24, 2.45) is 11.8 Å². The zero-order valence-corrected chi connectivity index (χ0v) is 20.1. The Morgan fingerprint density at radius 2 is 1.78 bits per heavy atom. The van der Waals surface area contributed by atoms with Crippen molar-refractivity contribution in [3.8, 4) is 5.75 Å². The zero-order valence-electron chi connectivity index (χ0n) is 19.2. The quantitative estimate of drug-likeness (QED) is 0.635. The Labute approximate surface area is 191 Å². The number of carbonyl (C=O) groups excluding carboxylic acids is 2. The number of carbonyl (C=O) groups is 2. The third-order valence-corrected chi connectivity index (χ3v) is 8.53. The molecule has 0 radical (unpaired) electrons. The first-order valence-electron chi connectivity index (χ1n) is 11.5. The van der Waals surface area contributed by atoms with Gasteiger partial charge in [-0.2, -0.15) is 4.31 Å². The molecule has 3 rings (SSSR count). The topological polar surface area (TPSA) is 96.0 Å². The highest BCUT2D eigenvalue weighted by molar-refractivity contribution is 7.89. The number of rotatable bonds is 8. The van der Waals surface area contributed by atoms with Crippen LogP contribution in [-0.4, -0.2) is 68.8 Å². The van der Waals surface area contributed by atoms with Crippen LogP contribution in [0, 0.1) is 11.8 Å². The van der Waals surface area contributed by atoms with Gasteiger partial charge in [-0.1, -0.05) is 20.3 Å². The standard InChI is InChI=1S/C23H35N3O5S/c1-4-17(2)21(23(28)25-13-5-6-14-25)24-22(27)18-8-7-15-26(16-18)32(29,30)20-11-9-19(31-3)10-12-20/h9-12,17-18,21H,4-8,13-16H2,1-3H3,(H,24,27)/t17-,18-,21-/m0/s1. The molecule has 0 unspecified atom stereocenters. The number of methoxy groups -OCH3 is 1.